The molecular weight excluding hydrogens is 326 g/mol. The fourth-order valence-electron chi connectivity index (χ4n) is 1.80. The van der Waals surface area contributed by atoms with E-state index in [4.69, 9.17) is 0 Å². The molecule has 0 atom stereocenters. The molecule has 2 aromatic rings. The molecule has 0 fully saturated rings. The van der Waals surface area contributed by atoms with Crippen LogP contribution in [0.3, 0.4) is 0 Å². The van der Waals surface area contributed by atoms with E-state index in [-0.39, 0.29) is 16.1 Å². The first kappa shape index (κ1) is 17.0. The number of carbonyl (C=O) groups excluding carboxylic acids is 1. The minimum Gasteiger partial charge on any atom is -0.325 e. The van der Waals surface area contributed by atoms with Gasteiger partial charge in [-0.1, -0.05) is 6.07 Å². The molecule has 2 aromatic carbocycles. The predicted molar refractivity (Wildman–Crippen MR) is 81.4 cm³/mol. The smallest absolute Gasteiger partial charge is 0.241 e. The molecule has 8 heteroatoms. The fraction of sp³-hybridized carbons (Fsp3) is 0.133. The Morgan fingerprint density at radius 1 is 1.13 bits per heavy atom. The summed E-state index contributed by atoms with van der Waals surface area (Å²) in [5.41, 5.74) is 0.393. The summed E-state index contributed by atoms with van der Waals surface area (Å²) in [5.74, 6) is -1.70. The lowest BCUT2D eigenvalue weighted by atomic mass is 10.2. The minimum atomic E-state index is -3.95. The molecule has 23 heavy (non-hydrogen) atoms. The largest absolute Gasteiger partial charge is 0.325 e. The molecule has 122 valence electrons. The second-order valence-electron chi connectivity index (χ2n) is 4.79. The fourth-order valence-corrected chi connectivity index (χ4v) is 2.87. The zero-order valence-corrected chi connectivity index (χ0v) is 13.0. The Morgan fingerprint density at radius 2 is 1.87 bits per heavy atom. The molecule has 0 saturated heterocycles. The summed E-state index contributed by atoms with van der Waals surface area (Å²) in [4.78, 5) is 11.6. The number of nitrogens with one attached hydrogen (secondary N) is 2. The van der Waals surface area contributed by atoms with E-state index >= 15 is 0 Å². The topological polar surface area (TPSA) is 75.3 Å². The number of sulfonamides is 1. The first-order valence-electron chi connectivity index (χ1n) is 6.59. The predicted octanol–water partition coefficient (Wildman–Crippen LogP) is 2.19. The number of benzene rings is 2. The highest BCUT2D eigenvalue weighted by Gasteiger charge is 2.16. The van der Waals surface area contributed by atoms with E-state index in [1.165, 1.54) is 31.2 Å². The molecule has 2 rings (SSSR count). The second kappa shape index (κ2) is 6.84. The lowest BCUT2D eigenvalue weighted by molar-refractivity contribution is -0.115. The highest BCUT2D eigenvalue weighted by molar-refractivity contribution is 7.89. The van der Waals surface area contributed by atoms with Crippen LogP contribution in [0.15, 0.2) is 47.4 Å². The summed E-state index contributed by atoms with van der Waals surface area (Å²) in [6.45, 7) is 0.903. The first-order chi connectivity index (χ1) is 10.8. The summed E-state index contributed by atoms with van der Waals surface area (Å²) in [6.07, 6.45) is 0. The van der Waals surface area contributed by atoms with Crippen LogP contribution in [-0.4, -0.2) is 20.9 Å². The number of rotatable bonds is 5. The van der Waals surface area contributed by atoms with Gasteiger partial charge in [0.1, 0.15) is 11.6 Å². The van der Waals surface area contributed by atoms with Crippen molar-refractivity contribution in [3.8, 4) is 0 Å². The third-order valence-electron chi connectivity index (χ3n) is 2.97. The van der Waals surface area contributed by atoms with Crippen LogP contribution in [0.25, 0.3) is 0 Å². The van der Waals surface area contributed by atoms with Crippen LogP contribution >= 0.6 is 0 Å². The van der Waals surface area contributed by atoms with Crippen LogP contribution in [0.2, 0.25) is 0 Å². The molecule has 0 aliphatic carbocycles. The quantitative estimate of drug-likeness (QED) is 0.876. The van der Waals surface area contributed by atoms with Crippen molar-refractivity contribution in [3.63, 3.8) is 0 Å². The first-order valence-corrected chi connectivity index (χ1v) is 8.07. The van der Waals surface area contributed by atoms with E-state index in [1.54, 1.807) is 0 Å². The van der Waals surface area contributed by atoms with Gasteiger partial charge in [0.05, 0.1) is 11.4 Å². The molecule has 2 N–H and O–H groups in total. The molecule has 0 radical (unpaired) electrons. The number of hydrogen-bond donors (Lipinski definition) is 2. The van der Waals surface area contributed by atoms with Crippen LogP contribution in [0.5, 0.6) is 0 Å². The van der Waals surface area contributed by atoms with E-state index in [0.29, 0.717) is 0 Å². The van der Waals surface area contributed by atoms with E-state index in [2.05, 4.69) is 10.0 Å². The monoisotopic (exact) mass is 340 g/mol. The van der Waals surface area contributed by atoms with Gasteiger partial charge in [-0.2, -0.15) is 0 Å². The number of halogens is 2. The lowest BCUT2D eigenvalue weighted by Crippen LogP contribution is -2.33. The van der Waals surface area contributed by atoms with Gasteiger partial charge >= 0.3 is 0 Å². The van der Waals surface area contributed by atoms with Gasteiger partial charge < -0.3 is 5.32 Å². The Bertz CT molecular complexity index is 838. The maximum Gasteiger partial charge on any atom is 0.241 e. The second-order valence-corrected chi connectivity index (χ2v) is 6.56. The molecule has 0 aliphatic heterocycles. The molecule has 0 spiro atoms. The van der Waals surface area contributed by atoms with Crippen molar-refractivity contribution in [2.75, 3.05) is 11.9 Å². The van der Waals surface area contributed by atoms with Crippen LogP contribution in [0.1, 0.15) is 5.56 Å². The average molecular weight is 340 g/mol. The molecule has 0 aliphatic rings. The van der Waals surface area contributed by atoms with Gasteiger partial charge in [-0.15, -0.1) is 0 Å². The molecule has 5 nitrogen and oxygen atoms in total. The summed E-state index contributed by atoms with van der Waals surface area (Å²) in [7, 11) is -3.95. The highest BCUT2D eigenvalue weighted by atomic mass is 32.2. The van der Waals surface area contributed by atoms with Crippen molar-refractivity contribution in [1.29, 1.82) is 0 Å². The Morgan fingerprint density at radius 3 is 2.52 bits per heavy atom. The van der Waals surface area contributed by atoms with Gasteiger partial charge in [0, 0.05) is 5.69 Å². The standard InChI is InChI=1S/C15H14F2N2O3S/c1-10-7-13(5-6-14(10)17)23(21,22)18-9-15(20)19-12-4-2-3-11(16)8-12/h2-8,18H,9H2,1H3,(H,19,20). The van der Waals surface area contributed by atoms with Crippen molar-refractivity contribution >= 4 is 21.6 Å². The zero-order valence-electron chi connectivity index (χ0n) is 12.1. The number of carbonyl (C=O) groups is 1. The molecule has 0 bridgehead atoms. The van der Waals surface area contributed by atoms with Crippen molar-refractivity contribution in [2.24, 2.45) is 0 Å². The summed E-state index contributed by atoms with van der Waals surface area (Å²) in [5, 5.41) is 2.36. The van der Waals surface area contributed by atoms with Crippen LogP contribution in [0, 0.1) is 18.6 Å². The Hall–Kier alpha value is -2.32. The normalized spacial score (nSPS) is 11.3. The van der Waals surface area contributed by atoms with Crippen LogP contribution in [-0.2, 0) is 14.8 Å². The lowest BCUT2D eigenvalue weighted by Gasteiger charge is -2.09. The molecule has 0 heterocycles. The van der Waals surface area contributed by atoms with E-state index in [1.807, 2.05) is 0 Å². The SMILES string of the molecule is Cc1cc(S(=O)(=O)NCC(=O)Nc2cccc(F)c2)ccc1F. The number of aryl methyl sites for hydroxylation is 1. The number of anilines is 1. The number of hydrogen-bond acceptors (Lipinski definition) is 3. The van der Waals surface area contributed by atoms with Gasteiger partial charge in [0.25, 0.3) is 0 Å². The summed E-state index contributed by atoms with van der Waals surface area (Å²) >= 11 is 0. The Labute approximate surface area is 132 Å². The van der Waals surface area contributed by atoms with Crippen molar-refractivity contribution in [2.45, 2.75) is 11.8 Å². The van der Waals surface area contributed by atoms with E-state index in [0.717, 1.165) is 18.2 Å². The van der Waals surface area contributed by atoms with Gasteiger partial charge in [-0.3, -0.25) is 4.79 Å². The molecule has 1 amide bonds. The van der Waals surface area contributed by atoms with Crippen molar-refractivity contribution in [3.05, 3.63) is 59.7 Å². The third-order valence-corrected chi connectivity index (χ3v) is 4.37. The minimum absolute atomic E-state index is 0.144. The third kappa shape index (κ3) is 4.57. The molecule has 0 saturated carbocycles. The summed E-state index contributed by atoms with van der Waals surface area (Å²) < 4.78 is 52.3. The maximum absolute atomic E-state index is 13.2. The average Bonchev–Trinajstić information content (AvgIpc) is 2.48. The molecule has 0 unspecified atom stereocenters. The zero-order chi connectivity index (χ0) is 17.0. The highest BCUT2D eigenvalue weighted by Crippen LogP contribution is 2.14. The van der Waals surface area contributed by atoms with Gasteiger partial charge in [0.2, 0.25) is 15.9 Å². The van der Waals surface area contributed by atoms with Crippen LogP contribution in [0.4, 0.5) is 14.5 Å². The van der Waals surface area contributed by atoms with E-state index < -0.39 is 34.1 Å². The molecular formula is C15H14F2N2O3S. The van der Waals surface area contributed by atoms with Crippen LogP contribution < -0.4 is 10.0 Å². The Kier molecular flexibility index (Phi) is 5.07. The van der Waals surface area contributed by atoms with Crippen molar-refractivity contribution in [1.82, 2.24) is 4.72 Å². The number of amides is 1. The maximum atomic E-state index is 13.2. The van der Waals surface area contributed by atoms with Crippen molar-refractivity contribution < 1.29 is 22.0 Å². The Balaban J connectivity index is 2.01. The van der Waals surface area contributed by atoms with Gasteiger partial charge in [0.15, 0.2) is 0 Å². The molecule has 0 aromatic heterocycles. The van der Waals surface area contributed by atoms with E-state index in [9.17, 15) is 22.0 Å². The van der Waals surface area contributed by atoms with Gasteiger partial charge in [-0.25, -0.2) is 21.9 Å². The van der Waals surface area contributed by atoms with Gasteiger partial charge in [-0.05, 0) is 48.9 Å². The summed E-state index contributed by atoms with van der Waals surface area (Å²) in [6, 6.07) is 8.52.